The van der Waals surface area contributed by atoms with Gasteiger partial charge in [0.1, 0.15) is 5.82 Å². The number of aromatic nitrogens is 2. The quantitative estimate of drug-likeness (QED) is 0.919. The van der Waals surface area contributed by atoms with Crippen molar-refractivity contribution in [3.05, 3.63) is 53.6 Å². The number of benzene rings is 1. The average Bonchev–Trinajstić information content (AvgIpc) is 3.01. The molecule has 1 atom stereocenters. The third-order valence-corrected chi connectivity index (χ3v) is 4.48. The lowest BCUT2D eigenvalue weighted by Gasteiger charge is -2.35. The molecule has 1 saturated heterocycles. The summed E-state index contributed by atoms with van der Waals surface area (Å²) < 4.78 is 2.08. The van der Waals surface area contributed by atoms with Crippen molar-refractivity contribution in [2.75, 3.05) is 33.7 Å². The number of nitrogens with one attached hydrogen (secondary N) is 1. The van der Waals surface area contributed by atoms with Crippen LogP contribution in [0.5, 0.6) is 0 Å². The second-order valence-electron chi connectivity index (χ2n) is 6.49. The number of rotatable bonds is 4. The van der Waals surface area contributed by atoms with Crippen molar-refractivity contribution in [3.8, 4) is 0 Å². The Hall–Kier alpha value is -2.18. The zero-order chi connectivity index (χ0) is 17.1. The lowest BCUT2D eigenvalue weighted by molar-refractivity contribution is 0.0827. The summed E-state index contributed by atoms with van der Waals surface area (Å²) in [6.07, 6.45) is 3.83. The van der Waals surface area contributed by atoms with Gasteiger partial charge in [-0.1, -0.05) is 12.1 Å². The Labute approximate surface area is 143 Å². The van der Waals surface area contributed by atoms with E-state index in [9.17, 15) is 4.79 Å². The summed E-state index contributed by atoms with van der Waals surface area (Å²) in [4.78, 5) is 20.7. The van der Waals surface area contributed by atoms with E-state index in [0.29, 0.717) is 0 Å². The van der Waals surface area contributed by atoms with Crippen molar-refractivity contribution in [3.63, 3.8) is 0 Å². The second-order valence-corrected chi connectivity index (χ2v) is 6.49. The topological polar surface area (TPSA) is 53.4 Å². The van der Waals surface area contributed by atoms with E-state index in [0.717, 1.165) is 43.1 Å². The molecule has 0 spiro atoms. The second kappa shape index (κ2) is 7.15. The van der Waals surface area contributed by atoms with Crippen LogP contribution in [-0.4, -0.2) is 59.0 Å². The van der Waals surface area contributed by atoms with Gasteiger partial charge in [0.15, 0.2) is 0 Å². The molecule has 3 rings (SSSR count). The normalized spacial score (nSPS) is 18.5. The number of hydrogen-bond acceptors (Lipinski definition) is 4. The van der Waals surface area contributed by atoms with Crippen molar-refractivity contribution in [1.82, 2.24) is 24.7 Å². The summed E-state index contributed by atoms with van der Waals surface area (Å²) in [5.74, 6) is 1.11. The van der Waals surface area contributed by atoms with Gasteiger partial charge < -0.3 is 14.8 Å². The van der Waals surface area contributed by atoms with Crippen LogP contribution in [0, 0.1) is 0 Å². The van der Waals surface area contributed by atoms with Crippen molar-refractivity contribution in [2.24, 2.45) is 7.05 Å². The minimum absolute atomic E-state index is 0.0396. The molecule has 0 radical (unpaired) electrons. The van der Waals surface area contributed by atoms with Crippen LogP contribution in [-0.2, 0) is 13.6 Å². The highest BCUT2D eigenvalue weighted by Crippen LogP contribution is 2.23. The summed E-state index contributed by atoms with van der Waals surface area (Å²) in [5.41, 5.74) is 1.89. The van der Waals surface area contributed by atoms with E-state index in [1.54, 1.807) is 19.0 Å². The summed E-state index contributed by atoms with van der Waals surface area (Å²) in [6, 6.07) is 8.17. The molecule has 128 valence electrons. The lowest BCUT2D eigenvalue weighted by Crippen LogP contribution is -2.46. The van der Waals surface area contributed by atoms with Gasteiger partial charge in [0.05, 0.1) is 6.04 Å². The molecule has 24 heavy (non-hydrogen) atoms. The van der Waals surface area contributed by atoms with Crippen molar-refractivity contribution in [1.29, 1.82) is 0 Å². The maximum atomic E-state index is 12.2. The van der Waals surface area contributed by atoms with Crippen LogP contribution in [0.25, 0.3) is 0 Å². The van der Waals surface area contributed by atoms with E-state index in [-0.39, 0.29) is 11.9 Å². The highest BCUT2D eigenvalue weighted by atomic mass is 16.2. The molecule has 1 fully saturated rings. The number of carbonyl (C=O) groups is 1. The first-order chi connectivity index (χ1) is 11.6. The molecular weight excluding hydrogens is 302 g/mol. The van der Waals surface area contributed by atoms with E-state index >= 15 is 0 Å². The standard InChI is InChI=1S/C18H25N5O/c1-21(2)18(24)15-6-4-5-14(11-15)13-23-10-7-19-12-16(23)17-20-8-9-22(17)3/h4-6,8-9,11,16,19H,7,10,12-13H2,1-3H3. The monoisotopic (exact) mass is 327 g/mol. The first kappa shape index (κ1) is 16.7. The van der Waals surface area contributed by atoms with Crippen LogP contribution in [0.3, 0.4) is 0 Å². The van der Waals surface area contributed by atoms with Gasteiger partial charge in [0.25, 0.3) is 5.91 Å². The summed E-state index contributed by atoms with van der Waals surface area (Å²) >= 11 is 0. The van der Waals surface area contributed by atoms with Gasteiger partial charge in [-0.05, 0) is 17.7 Å². The summed E-state index contributed by atoms with van der Waals surface area (Å²) in [7, 11) is 5.59. The molecule has 2 aromatic rings. The van der Waals surface area contributed by atoms with Gasteiger partial charge in [0.2, 0.25) is 0 Å². The smallest absolute Gasteiger partial charge is 0.253 e. The van der Waals surface area contributed by atoms with E-state index in [2.05, 4.69) is 25.8 Å². The molecule has 1 aromatic carbocycles. The Kier molecular flexibility index (Phi) is 4.97. The van der Waals surface area contributed by atoms with Gasteiger partial charge in [-0.2, -0.15) is 0 Å². The van der Waals surface area contributed by atoms with Crippen LogP contribution in [0.15, 0.2) is 36.7 Å². The zero-order valence-electron chi connectivity index (χ0n) is 14.6. The highest BCUT2D eigenvalue weighted by Gasteiger charge is 2.26. The third kappa shape index (κ3) is 3.49. The largest absolute Gasteiger partial charge is 0.345 e. The highest BCUT2D eigenvalue weighted by molar-refractivity contribution is 5.94. The number of hydrogen-bond donors (Lipinski definition) is 1. The fourth-order valence-electron chi connectivity index (χ4n) is 3.18. The number of nitrogens with zero attached hydrogens (tertiary/aromatic N) is 4. The fourth-order valence-corrected chi connectivity index (χ4v) is 3.18. The maximum Gasteiger partial charge on any atom is 0.253 e. The van der Waals surface area contributed by atoms with Crippen LogP contribution in [0.2, 0.25) is 0 Å². The van der Waals surface area contributed by atoms with E-state index < -0.39 is 0 Å². The van der Waals surface area contributed by atoms with Gasteiger partial charge in [-0.25, -0.2) is 4.98 Å². The minimum Gasteiger partial charge on any atom is -0.345 e. The third-order valence-electron chi connectivity index (χ3n) is 4.48. The molecule has 0 bridgehead atoms. The van der Waals surface area contributed by atoms with Gasteiger partial charge in [-0.3, -0.25) is 9.69 Å². The van der Waals surface area contributed by atoms with Gasteiger partial charge in [0, 0.05) is 65.3 Å². The van der Waals surface area contributed by atoms with Crippen LogP contribution in [0.1, 0.15) is 27.8 Å². The summed E-state index contributed by atoms with van der Waals surface area (Å²) in [6.45, 7) is 3.63. The predicted octanol–water partition coefficient (Wildman–Crippen LogP) is 1.27. The lowest BCUT2D eigenvalue weighted by atomic mass is 10.1. The fraction of sp³-hybridized carbons (Fsp3) is 0.444. The Morgan fingerprint density at radius 1 is 1.42 bits per heavy atom. The van der Waals surface area contributed by atoms with Crippen LogP contribution < -0.4 is 5.32 Å². The van der Waals surface area contributed by atoms with Gasteiger partial charge in [-0.15, -0.1) is 0 Å². The van der Waals surface area contributed by atoms with E-state index in [1.807, 2.05) is 37.6 Å². The first-order valence-electron chi connectivity index (χ1n) is 8.29. The van der Waals surface area contributed by atoms with E-state index in [4.69, 9.17) is 0 Å². The Morgan fingerprint density at radius 3 is 2.96 bits per heavy atom. The molecule has 6 nitrogen and oxygen atoms in total. The predicted molar refractivity (Wildman–Crippen MR) is 93.7 cm³/mol. The molecule has 0 aliphatic carbocycles. The number of carbonyl (C=O) groups excluding carboxylic acids is 1. The van der Waals surface area contributed by atoms with Crippen LogP contribution >= 0.6 is 0 Å². The Balaban J connectivity index is 1.80. The molecule has 1 aliphatic heterocycles. The molecule has 1 aromatic heterocycles. The van der Waals surface area contributed by atoms with E-state index in [1.165, 1.54) is 0 Å². The molecule has 2 heterocycles. The van der Waals surface area contributed by atoms with Crippen molar-refractivity contribution >= 4 is 5.91 Å². The molecular formula is C18H25N5O. The molecule has 0 saturated carbocycles. The zero-order valence-corrected chi connectivity index (χ0v) is 14.6. The Bertz CT molecular complexity index is 709. The molecule has 1 unspecified atom stereocenters. The molecule has 1 amide bonds. The van der Waals surface area contributed by atoms with Crippen LogP contribution in [0.4, 0.5) is 0 Å². The molecule has 1 N–H and O–H groups in total. The molecule has 6 heteroatoms. The van der Waals surface area contributed by atoms with Crippen molar-refractivity contribution < 1.29 is 4.79 Å². The summed E-state index contributed by atoms with van der Waals surface area (Å²) in [5, 5.41) is 3.45. The minimum atomic E-state index is 0.0396. The number of aryl methyl sites for hydroxylation is 1. The molecule has 1 aliphatic rings. The number of piperazine rings is 1. The average molecular weight is 327 g/mol. The Morgan fingerprint density at radius 2 is 2.25 bits per heavy atom. The van der Waals surface area contributed by atoms with Gasteiger partial charge >= 0.3 is 0 Å². The SMILES string of the molecule is CN(C)C(=O)c1cccc(CN2CCNCC2c2nccn2C)c1. The first-order valence-corrected chi connectivity index (χ1v) is 8.29. The van der Waals surface area contributed by atoms with Crippen molar-refractivity contribution in [2.45, 2.75) is 12.6 Å². The maximum absolute atomic E-state index is 12.2. The number of amides is 1. The number of imidazole rings is 1.